The number of nitrogens with one attached hydrogen (secondary N) is 1. The molecule has 6 aromatic rings. The molecule has 0 bridgehead atoms. The largest absolute Gasteiger partial charge is 0.452 e. The fourth-order valence-corrected chi connectivity index (χ4v) is 5.76. The Balaban J connectivity index is 1.39. The smallest absolute Gasteiger partial charge is 0.177 e. The average Bonchev–Trinajstić information content (AvgIpc) is 3.46. The molecule has 164 valence electrons. The molecule has 1 aliphatic heterocycles. The molecule has 0 radical (unpaired) electrons. The van der Waals surface area contributed by atoms with Gasteiger partial charge in [0.15, 0.2) is 5.76 Å². The number of furan rings is 1. The summed E-state index contributed by atoms with van der Waals surface area (Å²) in [6.07, 6.45) is -0.238. The van der Waals surface area contributed by atoms with E-state index in [4.69, 9.17) is 9.41 Å². The molecule has 1 aromatic heterocycles. The number of hydrogen-bond donors (Lipinski definition) is 1. The van der Waals surface area contributed by atoms with Gasteiger partial charge in [0.25, 0.3) is 0 Å². The molecule has 1 N–H and O–H groups in total. The summed E-state index contributed by atoms with van der Waals surface area (Å²) in [6.45, 7) is 0. The van der Waals surface area contributed by atoms with Crippen LogP contribution < -0.4 is 5.32 Å². The number of anilines is 1. The van der Waals surface area contributed by atoms with Gasteiger partial charge in [-0.05, 0) is 45.2 Å². The van der Waals surface area contributed by atoms with E-state index < -0.39 is 0 Å². The highest BCUT2D eigenvalue weighted by Gasteiger charge is 2.32. The Labute approximate surface area is 202 Å². The van der Waals surface area contributed by atoms with E-state index in [0.717, 1.165) is 33.7 Å². The minimum absolute atomic E-state index is 0.238. The molecule has 1 unspecified atom stereocenters. The molecule has 5 aromatic carbocycles. The van der Waals surface area contributed by atoms with Crippen molar-refractivity contribution in [3.8, 4) is 22.3 Å². The van der Waals surface area contributed by atoms with Crippen LogP contribution in [-0.2, 0) is 0 Å². The fraction of sp³-hybridized carbons (Fsp3) is 0.0312. The van der Waals surface area contributed by atoms with E-state index in [9.17, 15) is 0 Å². The van der Waals surface area contributed by atoms with Crippen molar-refractivity contribution in [2.75, 3.05) is 5.32 Å². The zero-order valence-corrected chi connectivity index (χ0v) is 18.8. The predicted molar refractivity (Wildman–Crippen MR) is 143 cm³/mol. The predicted octanol–water partition coefficient (Wildman–Crippen LogP) is 8.20. The summed E-state index contributed by atoms with van der Waals surface area (Å²) in [7, 11) is 0. The quantitative estimate of drug-likeness (QED) is 0.289. The zero-order chi connectivity index (χ0) is 22.9. The van der Waals surface area contributed by atoms with Crippen LogP contribution in [0, 0.1) is 0 Å². The number of para-hydroxylation sites is 1. The lowest BCUT2D eigenvalue weighted by molar-refractivity contribution is 0.599. The molecule has 0 fully saturated rings. The molecule has 0 saturated heterocycles. The van der Waals surface area contributed by atoms with Crippen molar-refractivity contribution in [2.24, 2.45) is 4.99 Å². The molecular formula is C32H20N2O. The Bertz CT molecular complexity index is 1820. The second kappa shape index (κ2) is 6.94. The van der Waals surface area contributed by atoms with Crippen molar-refractivity contribution >= 4 is 33.1 Å². The lowest BCUT2D eigenvalue weighted by atomic mass is 9.95. The average molecular weight is 449 g/mol. The third-order valence-electron chi connectivity index (χ3n) is 7.25. The molecule has 0 saturated carbocycles. The van der Waals surface area contributed by atoms with Crippen LogP contribution in [0.15, 0.2) is 119 Å². The van der Waals surface area contributed by atoms with E-state index in [-0.39, 0.29) is 6.17 Å². The molecule has 3 heteroatoms. The van der Waals surface area contributed by atoms with Gasteiger partial charge in [0, 0.05) is 16.5 Å². The van der Waals surface area contributed by atoms with Crippen LogP contribution in [0.25, 0.3) is 44.0 Å². The SMILES string of the molecule is c1ccc(C2=NC(c3cccc4c3-c3cccc5cccc-4c35)Nc3c2oc2ccccc32)cc1. The van der Waals surface area contributed by atoms with Crippen molar-refractivity contribution < 1.29 is 4.42 Å². The van der Waals surface area contributed by atoms with Crippen LogP contribution in [0.5, 0.6) is 0 Å². The van der Waals surface area contributed by atoms with Crippen molar-refractivity contribution in [1.82, 2.24) is 0 Å². The van der Waals surface area contributed by atoms with E-state index in [2.05, 4.69) is 96.3 Å². The summed E-state index contributed by atoms with van der Waals surface area (Å²) >= 11 is 0. The van der Waals surface area contributed by atoms with Gasteiger partial charge in [-0.3, -0.25) is 4.99 Å². The lowest BCUT2D eigenvalue weighted by Gasteiger charge is -2.25. The molecular weight excluding hydrogens is 428 g/mol. The van der Waals surface area contributed by atoms with Crippen LogP contribution in [0.4, 0.5) is 5.69 Å². The third-order valence-corrected chi connectivity index (χ3v) is 7.25. The van der Waals surface area contributed by atoms with Crippen molar-refractivity contribution in [3.05, 3.63) is 126 Å². The number of fused-ring (bicyclic) bond motifs is 6. The molecule has 2 heterocycles. The highest BCUT2D eigenvalue weighted by molar-refractivity contribution is 6.19. The second-order valence-electron chi connectivity index (χ2n) is 9.17. The first-order valence-corrected chi connectivity index (χ1v) is 11.9. The van der Waals surface area contributed by atoms with Crippen molar-refractivity contribution in [2.45, 2.75) is 6.17 Å². The van der Waals surface area contributed by atoms with Gasteiger partial charge in [0.1, 0.15) is 17.5 Å². The van der Waals surface area contributed by atoms with Gasteiger partial charge in [-0.15, -0.1) is 0 Å². The molecule has 35 heavy (non-hydrogen) atoms. The van der Waals surface area contributed by atoms with Gasteiger partial charge in [-0.2, -0.15) is 0 Å². The third kappa shape index (κ3) is 2.58. The number of aliphatic imine (C=N–C) groups is 1. The molecule has 8 rings (SSSR count). The van der Waals surface area contributed by atoms with Crippen molar-refractivity contribution in [3.63, 3.8) is 0 Å². The van der Waals surface area contributed by atoms with Crippen molar-refractivity contribution in [1.29, 1.82) is 0 Å². The number of rotatable bonds is 2. The first kappa shape index (κ1) is 18.8. The van der Waals surface area contributed by atoms with Crippen LogP contribution in [0.3, 0.4) is 0 Å². The monoisotopic (exact) mass is 448 g/mol. The van der Waals surface area contributed by atoms with E-state index in [1.165, 1.54) is 38.6 Å². The summed E-state index contributed by atoms with van der Waals surface area (Å²) in [5.74, 6) is 0.798. The van der Waals surface area contributed by atoms with Crippen LogP contribution in [-0.4, -0.2) is 5.71 Å². The van der Waals surface area contributed by atoms with Crippen LogP contribution in [0.1, 0.15) is 23.1 Å². The number of nitrogens with zero attached hydrogens (tertiary/aromatic N) is 1. The summed E-state index contributed by atoms with van der Waals surface area (Å²) < 4.78 is 6.34. The Morgan fingerprint density at radius 3 is 2.29 bits per heavy atom. The maximum absolute atomic E-state index is 6.34. The summed E-state index contributed by atoms with van der Waals surface area (Å²) in [6, 6.07) is 38.3. The highest BCUT2D eigenvalue weighted by Crippen LogP contribution is 2.51. The van der Waals surface area contributed by atoms with Crippen LogP contribution in [0.2, 0.25) is 0 Å². The zero-order valence-electron chi connectivity index (χ0n) is 18.8. The number of benzene rings is 5. The summed E-state index contributed by atoms with van der Waals surface area (Å²) in [5, 5.41) is 7.42. The summed E-state index contributed by atoms with van der Waals surface area (Å²) in [5.41, 5.74) is 10.1. The Kier molecular flexibility index (Phi) is 3.72. The Morgan fingerprint density at radius 2 is 1.40 bits per heavy atom. The molecule has 2 aliphatic rings. The first-order chi connectivity index (χ1) is 17.4. The minimum Gasteiger partial charge on any atom is -0.452 e. The van der Waals surface area contributed by atoms with Gasteiger partial charge < -0.3 is 9.73 Å². The maximum atomic E-state index is 6.34. The van der Waals surface area contributed by atoms with Gasteiger partial charge in [0.2, 0.25) is 0 Å². The normalized spacial score (nSPS) is 15.5. The Morgan fingerprint density at radius 1 is 0.657 bits per heavy atom. The first-order valence-electron chi connectivity index (χ1n) is 11.9. The van der Waals surface area contributed by atoms with E-state index in [0.29, 0.717) is 0 Å². The van der Waals surface area contributed by atoms with Gasteiger partial charge in [-0.1, -0.05) is 97.1 Å². The minimum atomic E-state index is -0.238. The van der Waals surface area contributed by atoms with Crippen LogP contribution >= 0.6 is 0 Å². The second-order valence-corrected chi connectivity index (χ2v) is 9.17. The standard InChI is InChI=1S/C32H20N2O/c1-2-9-20(10-3-1)29-31-30(23-13-4-5-18-26(23)35-31)34-32(33-29)25-17-8-15-22-21-14-6-11-19-12-7-16-24(27(19)21)28(22)25/h1-18,32,34H. The van der Waals surface area contributed by atoms with Gasteiger partial charge >= 0.3 is 0 Å². The fourth-order valence-electron chi connectivity index (χ4n) is 5.76. The molecule has 1 atom stereocenters. The van der Waals surface area contributed by atoms with Gasteiger partial charge in [-0.25, -0.2) is 0 Å². The topological polar surface area (TPSA) is 37.5 Å². The van der Waals surface area contributed by atoms with Gasteiger partial charge in [0.05, 0.1) is 5.69 Å². The molecule has 1 aliphatic carbocycles. The Hall–Kier alpha value is -4.63. The maximum Gasteiger partial charge on any atom is 0.177 e. The lowest BCUT2D eigenvalue weighted by Crippen LogP contribution is -2.20. The van der Waals surface area contributed by atoms with E-state index in [1.807, 2.05) is 18.2 Å². The molecule has 3 nitrogen and oxygen atoms in total. The molecule has 0 amide bonds. The summed E-state index contributed by atoms with van der Waals surface area (Å²) in [4.78, 5) is 5.27. The molecule has 0 spiro atoms. The van der Waals surface area contributed by atoms with E-state index in [1.54, 1.807) is 0 Å². The highest BCUT2D eigenvalue weighted by atomic mass is 16.3. The number of hydrogen-bond acceptors (Lipinski definition) is 3. The van der Waals surface area contributed by atoms with E-state index >= 15 is 0 Å².